The summed E-state index contributed by atoms with van der Waals surface area (Å²) in [5.41, 5.74) is 5.29. The molecule has 4 aromatic rings. The Labute approximate surface area is 402 Å². The summed E-state index contributed by atoms with van der Waals surface area (Å²) in [6.07, 6.45) is -0.242. The first-order valence-corrected chi connectivity index (χ1v) is 23.6. The summed E-state index contributed by atoms with van der Waals surface area (Å²) in [4.78, 5) is 60.9. The van der Waals surface area contributed by atoms with Crippen molar-refractivity contribution in [2.45, 2.75) is 112 Å². The summed E-state index contributed by atoms with van der Waals surface area (Å²) >= 11 is 7.82. The Kier molecular flexibility index (Phi) is 15.9. The quantitative estimate of drug-likeness (QED) is 0.0746. The number of nitriles is 1. The molecule has 1 saturated carbocycles. The molecule has 2 fully saturated rings. The highest BCUT2D eigenvalue weighted by molar-refractivity contribution is 7.13. The van der Waals surface area contributed by atoms with Gasteiger partial charge in [0, 0.05) is 47.9 Å². The van der Waals surface area contributed by atoms with E-state index in [1.807, 2.05) is 86.0 Å². The number of thiazole rings is 1. The highest BCUT2D eigenvalue weighted by Gasteiger charge is 2.64. The number of carbonyl (C=O) groups excluding carboxylic acids is 4. The summed E-state index contributed by atoms with van der Waals surface area (Å²) in [6, 6.07) is 18.0. The lowest BCUT2D eigenvalue weighted by Crippen LogP contribution is -2.74. The summed E-state index contributed by atoms with van der Waals surface area (Å²) in [6.45, 7) is 17.3. The maximum atomic E-state index is 14.0. The fourth-order valence-electron chi connectivity index (χ4n) is 9.43. The van der Waals surface area contributed by atoms with Crippen LogP contribution in [0.3, 0.4) is 0 Å². The second-order valence-corrected chi connectivity index (χ2v) is 20.9. The van der Waals surface area contributed by atoms with Gasteiger partial charge in [0.15, 0.2) is 5.78 Å². The summed E-state index contributed by atoms with van der Waals surface area (Å²) < 4.78 is 17.6. The second-order valence-electron chi connectivity index (χ2n) is 19.6. The van der Waals surface area contributed by atoms with E-state index in [0.717, 1.165) is 27.3 Å². The smallest absolute Gasteiger partial charge is 0.251 e. The highest BCUT2D eigenvalue weighted by Crippen LogP contribution is 2.55. The largest absolute Gasteiger partial charge is 0.489 e. The van der Waals surface area contributed by atoms with Crippen LogP contribution in [0.2, 0.25) is 5.02 Å². The van der Waals surface area contributed by atoms with Crippen LogP contribution in [0.4, 0.5) is 0 Å². The zero-order valence-corrected chi connectivity index (χ0v) is 41.2. The number of ether oxygens (including phenoxy) is 3. The molecule has 3 amide bonds. The van der Waals surface area contributed by atoms with Crippen molar-refractivity contribution >= 4 is 46.4 Å². The van der Waals surface area contributed by atoms with E-state index in [1.165, 1.54) is 4.90 Å². The first kappa shape index (κ1) is 50.6. The zero-order chi connectivity index (χ0) is 48.8. The highest BCUT2D eigenvalue weighted by atomic mass is 35.5. The van der Waals surface area contributed by atoms with E-state index < -0.39 is 46.2 Å². The van der Waals surface area contributed by atoms with Gasteiger partial charge in [-0.15, -0.1) is 11.3 Å². The number of aliphatic hydroxyl groups is 1. The van der Waals surface area contributed by atoms with Gasteiger partial charge in [-0.05, 0) is 78.8 Å². The number of amides is 3. The number of hydrogen-bond donors (Lipinski definition) is 3. The summed E-state index contributed by atoms with van der Waals surface area (Å²) in [5, 5.41) is 26.1. The molecule has 2 heterocycles. The predicted molar refractivity (Wildman–Crippen MR) is 258 cm³/mol. The van der Waals surface area contributed by atoms with Gasteiger partial charge >= 0.3 is 0 Å². The maximum Gasteiger partial charge on any atom is 0.251 e. The first-order chi connectivity index (χ1) is 31.6. The van der Waals surface area contributed by atoms with Crippen LogP contribution >= 0.6 is 22.9 Å². The second kappa shape index (κ2) is 21.0. The number of hydrogen-bond acceptors (Lipinski definition) is 11. The monoisotopic (exact) mass is 949 g/mol. The predicted octanol–water partition coefficient (Wildman–Crippen LogP) is 7.66. The van der Waals surface area contributed by atoms with Gasteiger partial charge in [0.05, 0.1) is 38.8 Å². The van der Waals surface area contributed by atoms with Gasteiger partial charge in [-0.25, -0.2) is 4.98 Å². The summed E-state index contributed by atoms with van der Waals surface area (Å²) in [7, 11) is 0. The Hall–Kier alpha value is -5.77. The average Bonchev–Trinajstić information content (AvgIpc) is 3.90. The molecule has 3 aromatic carbocycles. The third-order valence-corrected chi connectivity index (χ3v) is 14.0. The van der Waals surface area contributed by atoms with Crippen molar-refractivity contribution in [3.05, 3.63) is 99.1 Å². The molecule has 0 bridgehead atoms. The van der Waals surface area contributed by atoms with E-state index in [1.54, 1.807) is 53.8 Å². The molecule has 67 heavy (non-hydrogen) atoms. The number of nitrogens with one attached hydrogen (secondary N) is 2. The van der Waals surface area contributed by atoms with Crippen molar-refractivity contribution in [3.63, 3.8) is 0 Å². The van der Waals surface area contributed by atoms with Crippen LogP contribution in [0.5, 0.6) is 11.5 Å². The van der Waals surface area contributed by atoms with Gasteiger partial charge < -0.3 is 34.9 Å². The third kappa shape index (κ3) is 11.9. The Morgan fingerprint density at radius 2 is 1.67 bits per heavy atom. The SMILES string of the molecule is Cc1cc(-c2scnc2C)ccc1CCC(=O)[C@@H]1C[C@@H](O)CN1C(=O)[C@@H](NC(=O)COCC#CCOc1ccc(C(=O)NC2C(C)(C)C(Oc3ccc(C#N)c(Cl)c3)C2(C)C)cc1)C(C)(C)C. The molecule has 0 unspecified atom stereocenters. The van der Waals surface area contributed by atoms with Gasteiger partial charge in [0.25, 0.3) is 5.91 Å². The topological polar surface area (TPSA) is 180 Å². The number of β-amino-alcohol motifs (C(OH)–C–C–N with tert-alkyl or cyclic N) is 1. The molecule has 2 aliphatic rings. The molecule has 354 valence electrons. The van der Waals surface area contributed by atoms with Crippen LogP contribution in [0.15, 0.2) is 66.2 Å². The molecular formula is C52H60ClN5O8S. The Bertz CT molecular complexity index is 2570. The van der Waals surface area contributed by atoms with Crippen LogP contribution < -0.4 is 20.1 Å². The molecule has 1 aliphatic heterocycles. The maximum absolute atomic E-state index is 14.0. The molecule has 15 heteroatoms. The average molecular weight is 951 g/mol. The van der Waals surface area contributed by atoms with Crippen molar-refractivity contribution in [2.24, 2.45) is 16.2 Å². The number of likely N-dealkylation sites (tertiary alicyclic amines) is 1. The van der Waals surface area contributed by atoms with E-state index >= 15 is 0 Å². The standard InChI is InChI=1S/C52H60ClN5O8S/c1-31-24-35(44-32(2)55-30-67-44)13-12-33(31)17-21-42(60)41-25-37(59)28-58(41)47(63)45(50(3,4)5)56-43(61)29-64-22-10-11-23-65-38-18-14-34(15-19-38)46(62)57-48-51(6,7)49(52(48,8)9)66-39-20-16-36(27-54)40(53)26-39/h12-16,18-20,24,26,30,37,41,45,48-49,59H,17,21-23,25,28-29H2,1-9H3,(H,56,61)(H,57,62)/t37-,41+,45-,48?,49?/m1/s1. The molecular weight excluding hydrogens is 890 g/mol. The van der Waals surface area contributed by atoms with E-state index in [0.29, 0.717) is 34.1 Å². The van der Waals surface area contributed by atoms with Crippen LogP contribution in [0, 0.1) is 53.3 Å². The molecule has 1 saturated heterocycles. The lowest BCUT2D eigenvalue weighted by molar-refractivity contribution is -0.164. The van der Waals surface area contributed by atoms with Gasteiger partial charge in [-0.3, -0.25) is 19.2 Å². The molecule has 0 spiro atoms. The van der Waals surface area contributed by atoms with Crippen molar-refractivity contribution in [1.29, 1.82) is 5.26 Å². The van der Waals surface area contributed by atoms with E-state index in [4.69, 9.17) is 25.8 Å². The zero-order valence-electron chi connectivity index (χ0n) is 39.6. The van der Waals surface area contributed by atoms with Crippen molar-refractivity contribution in [3.8, 4) is 39.8 Å². The number of nitrogens with zero attached hydrogens (tertiary/aromatic N) is 3. The Balaban J connectivity index is 0.929. The van der Waals surface area contributed by atoms with Gasteiger partial charge in [0.2, 0.25) is 11.8 Å². The van der Waals surface area contributed by atoms with Crippen LogP contribution in [-0.2, 0) is 25.5 Å². The van der Waals surface area contributed by atoms with Gasteiger partial charge in [-0.1, -0.05) is 90.1 Å². The van der Waals surface area contributed by atoms with Gasteiger partial charge in [0.1, 0.15) is 49.5 Å². The van der Waals surface area contributed by atoms with Crippen molar-refractivity contribution in [2.75, 3.05) is 26.4 Å². The van der Waals surface area contributed by atoms with Crippen LogP contribution in [-0.4, -0.2) is 95.2 Å². The molecule has 1 aromatic heterocycles. The van der Waals surface area contributed by atoms with E-state index in [9.17, 15) is 29.5 Å². The van der Waals surface area contributed by atoms with Crippen LogP contribution in [0.25, 0.3) is 10.4 Å². The van der Waals surface area contributed by atoms with E-state index in [-0.39, 0.29) is 63.0 Å². The van der Waals surface area contributed by atoms with E-state index in [2.05, 4.69) is 33.5 Å². The number of carbonyl (C=O) groups is 4. The molecule has 1 aliphatic carbocycles. The number of aromatic nitrogens is 1. The molecule has 13 nitrogen and oxygen atoms in total. The lowest BCUT2D eigenvalue weighted by Gasteiger charge is -2.63. The molecule has 3 N–H and O–H groups in total. The van der Waals surface area contributed by atoms with Gasteiger partial charge in [-0.2, -0.15) is 5.26 Å². The van der Waals surface area contributed by atoms with Crippen LogP contribution in [0.1, 0.15) is 94.1 Å². The minimum Gasteiger partial charge on any atom is -0.489 e. The number of rotatable bonds is 16. The number of aliphatic hydroxyl groups excluding tert-OH is 1. The summed E-state index contributed by atoms with van der Waals surface area (Å²) in [5.74, 6) is 5.43. The lowest BCUT2D eigenvalue weighted by atomic mass is 9.49. The number of ketones is 1. The van der Waals surface area contributed by atoms with Crippen molar-refractivity contribution < 1.29 is 38.5 Å². The first-order valence-electron chi connectivity index (χ1n) is 22.4. The Morgan fingerprint density at radius 1 is 0.985 bits per heavy atom. The normalized spacial score (nSPS) is 19.8. The third-order valence-electron chi connectivity index (χ3n) is 12.7. The fraction of sp³-hybridized carbons (Fsp3) is 0.462. The Morgan fingerprint density at radius 3 is 2.30 bits per heavy atom. The number of Topliss-reactive ketones (excluding diaryl/α,β-unsaturated/α-hetero) is 1. The number of halogens is 1. The number of benzene rings is 3. The van der Waals surface area contributed by atoms with Crippen molar-refractivity contribution in [1.82, 2.24) is 20.5 Å². The molecule has 6 rings (SSSR count). The number of aryl methyl sites for hydroxylation is 3. The minimum absolute atomic E-state index is 0.00175. The minimum atomic E-state index is -0.975. The fourth-order valence-corrected chi connectivity index (χ4v) is 10.4. The molecule has 0 radical (unpaired) electrons. The molecule has 3 atom stereocenters.